The molecule has 0 bridgehead atoms. The predicted molar refractivity (Wildman–Crippen MR) is 99.6 cm³/mol. The summed E-state index contributed by atoms with van der Waals surface area (Å²) in [6.07, 6.45) is 2.13. The second-order valence-electron chi connectivity index (χ2n) is 6.20. The number of aromatic nitrogens is 3. The fourth-order valence-corrected chi connectivity index (χ4v) is 2.91. The summed E-state index contributed by atoms with van der Waals surface area (Å²) < 4.78 is 13.3. The maximum atomic E-state index is 5.91. The zero-order chi connectivity index (χ0) is 18.4. The van der Waals surface area contributed by atoms with E-state index in [9.17, 15) is 0 Å². The molecule has 0 spiro atoms. The van der Waals surface area contributed by atoms with Crippen LogP contribution in [0.1, 0.15) is 25.0 Å². The number of ether oxygens (including phenoxy) is 2. The molecule has 2 heterocycles. The van der Waals surface area contributed by atoms with Gasteiger partial charge in [0.2, 0.25) is 0 Å². The number of hydrogen-bond acceptors (Lipinski definition) is 5. The third kappa shape index (κ3) is 4.44. The Bertz CT molecular complexity index is 758. The molecule has 1 aliphatic heterocycles. The first-order valence-electron chi connectivity index (χ1n) is 8.85. The van der Waals surface area contributed by atoms with Gasteiger partial charge in [-0.05, 0) is 25.5 Å². The first-order chi connectivity index (χ1) is 12.7. The number of methoxy groups -OCH3 is 1. The molecule has 0 saturated carbocycles. The highest BCUT2D eigenvalue weighted by molar-refractivity contribution is 5.79. The number of hydrogen-bond donors (Lipinski definition) is 2. The van der Waals surface area contributed by atoms with Crippen LogP contribution in [0.4, 0.5) is 0 Å². The Morgan fingerprint density at radius 1 is 1.31 bits per heavy atom. The van der Waals surface area contributed by atoms with Crippen LogP contribution in [0.5, 0.6) is 11.5 Å². The Morgan fingerprint density at radius 3 is 2.96 bits per heavy atom. The van der Waals surface area contributed by atoms with Gasteiger partial charge in [0.05, 0.1) is 20.2 Å². The van der Waals surface area contributed by atoms with Crippen LogP contribution in [0.2, 0.25) is 0 Å². The van der Waals surface area contributed by atoms with Crippen molar-refractivity contribution in [3.8, 4) is 11.5 Å². The zero-order valence-electron chi connectivity index (χ0n) is 15.5. The molecule has 3 rings (SSSR count). The van der Waals surface area contributed by atoms with Crippen molar-refractivity contribution < 1.29 is 9.47 Å². The molecule has 26 heavy (non-hydrogen) atoms. The van der Waals surface area contributed by atoms with Crippen LogP contribution in [0.15, 0.2) is 29.3 Å². The lowest BCUT2D eigenvalue weighted by Gasteiger charge is -2.18. The minimum absolute atomic E-state index is 0.0296. The summed E-state index contributed by atoms with van der Waals surface area (Å²) in [6.45, 7) is 4.22. The topological polar surface area (TPSA) is 85.6 Å². The van der Waals surface area contributed by atoms with E-state index in [1.165, 1.54) is 0 Å². The standard InChI is InChI=1S/C18H26N6O2/c1-13(26-15-7-4-6-14(10-15)25-3)11-20-18(19-2)21-12-17-23-22-16-8-5-9-24(16)17/h4,6-7,10,13H,5,8-9,11-12H2,1-3H3,(H2,19,20,21). The fraction of sp³-hybridized carbons (Fsp3) is 0.500. The molecule has 0 fully saturated rings. The van der Waals surface area contributed by atoms with Crippen LogP contribution in [-0.2, 0) is 19.5 Å². The summed E-state index contributed by atoms with van der Waals surface area (Å²) in [7, 11) is 3.39. The minimum Gasteiger partial charge on any atom is -0.497 e. The molecule has 0 saturated heterocycles. The summed E-state index contributed by atoms with van der Waals surface area (Å²) in [5.41, 5.74) is 0. The number of fused-ring (bicyclic) bond motifs is 1. The van der Waals surface area contributed by atoms with Gasteiger partial charge in [-0.25, -0.2) is 0 Å². The van der Waals surface area contributed by atoms with Crippen molar-refractivity contribution in [1.82, 2.24) is 25.4 Å². The van der Waals surface area contributed by atoms with Gasteiger partial charge in [-0.1, -0.05) is 6.07 Å². The van der Waals surface area contributed by atoms with Gasteiger partial charge in [-0.2, -0.15) is 0 Å². The Kier molecular flexibility index (Phi) is 5.93. The van der Waals surface area contributed by atoms with Crippen LogP contribution in [0.3, 0.4) is 0 Å². The SMILES string of the molecule is CN=C(NCc1nnc2n1CCC2)NCC(C)Oc1cccc(OC)c1. The summed E-state index contributed by atoms with van der Waals surface area (Å²) >= 11 is 0. The summed E-state index contributed by atoms with van der Waals surface area (Å²) in [4.78, 5) is 4.25. The van der Waals surface area contributed by atoms with Gasteiger partial charge < -0.3 is 24.7 Å². The number of aryl methyl sites for hydroxylation is 1. The molecule has 140 valence electrons. The highest BCUT2D eigenvalue weighted by atomic mass is 16.5. The highest BCUT2D eigenvalue weighted by Gasteiger charge is 2.17. The summed E-state index contributed by atoms with van der Waals surface area (Å²) in [5, 5.41) is 15.0. The summed E-state index contributed by atoms with van der Waals surface area (Å²) in [6, 6.07) is 7.59. The molecule has 1 unspecified atom stereocenters. The van der Waals surface area contributed by atoms with E-state index < -0.39 is 0 Å². The monoisotopic (exact) mass is 358 g/mol. The van der Waals surface area contributed by atoms with Crippen molar-refractivity contribution in [2.45, 2.75) is 39.0 Å². The molecule has 1 atom stereocenters. The minimum atomic E-state index is -0.0296. The van der Waals surface area contributed by atoms with Crippen LogP contribution in [0, 0.1) is 0 Å². The van der Waals surface area contributed by atoms with E-state index >= 15 is 0 Å². The van der Waals surface area contributed by atoms with Crippen molar-refractivity contribution >= 4 is 5.96 Å². The normalized spacial score (nSPS) is 14.7. The molecule has 2 aromatic rings. The molecule has 2 N–H and O–H groups in total. The molecule has 1 aliphatic rings. The Balaban J connectivity index is 1.46. The van der Waals surface area contributed by atoms with Crippen molar-refractivity contribution in [1.29, 1.82) is 0 Å². The van der Waals surface area contributed by atoms with Crippen molar-refractivity contribution in [3.63, 3.8) is 0 Å². The lowest BCUT2D eigenvalue weighted by Crippen LogP contribution is -2.41. The van der Waals surface area contributed by atoms with Gasteiger partial charge in [-0.15, -0.1) is 10.2 Å². The molecular weight excluding hydrogens is 332 g/mol. The maximum absolute atomic E-state index is 5.91. The average Bonchev–Trinajstić information content (AvgIpc) is 3.26. The fourth-order valence-electron chi connectivity index (χ4n) is 2.91. The molecule has 1 aromatic carbocycles. The Morgan fingerprint density at radius 2 is 2.15 bits per heavy atom. The van der Waals surface area contributed by atoms with E-state index in [0.717, 1.165) is 42.5 Å². The molecular formula is C18H26N6O2. The lowest BCUT2D eigenvalue weighted by molar-refractivity contribution is 0.223. The maximum Gasteiger partial charge on any atom is 0.191 e. The van der Waals surface area contributed by atoms with Crippen molar-refractivity contribution in [2.75, 3.05) is 20.7 Å². The van der Waals surface area contributed by atoms with E-state index in [2.05, 4.69) is 30.4 Å². The van der Waals surface area contributed by atoms with Crippen molar-refractivity contribution in [3.05, 3.63) is 35.9 Å². The number of aliphatic imine (C=N–C) groups is 1. The first kappa shape index (κ1) is 18.0. The van der Waals surface area contributed by atoms with Gasteiger partial charge in [0.1, 0.15) is 23.4 Å². The third-order valence-corrected chi connectivity index (χ3v) is 4.26. The van der Waals surface area contributed by atoms with Crippen LogP contribution in [-0.4, -0.2) is 47.5 Å². The first-order valence-corrected chi connectivity index (χ1v) is 8.85. The van der Waals surface area contributed by atoms with Gasteiger partial charge in [0.15, 0.2) is 11.8 Å². The molecule has 8 heteroatoms. The van der Waals surface area contributed by atoms with Gasteiger partial charge in [0, 0.05) is 26.1 Å². The smallest absolute Gasteiger partial charge is 0.191 e. The van der Waals surface area contributed by atoms with E-state index in [1.54, 1.807) is 14.2 Å². The molecule has 1 aromatic heterocycles. The van der Waals surface area contributed by atoms with Crippen LogP contribution in [0.25, 0.3) is 0 Å². The molecule has 0 amide bonds. The molecule has 0 radical (unpaired) electrons. The number of guanidine groups is 1. The zero-order valence-corrected chi connectivity index (χ0v) is 15.5. The third-order valence-electron chi connectivity index (χ3n) is 4.26. The van der Waals surface area contributed by atoms with E-state index in [1.807, 2.05) is 31.2 Å². The number of nitrogens with one attached hydrogen (secondary N) is 2. The van der Waals surface area contributed by atoms with Crippen molar-refractivity contribution in [2.24, 2.45) is 4.99 Å². The number of nitrogens with zero attached hydrogens (tertiary/aromatic N) is 4. The second-order valence-corrected chi connectivity index (χ2v) is 6.20. The van der Waals surface area contributed by atoms with E-state index in [0.29, 0.717) is 19.0 Å². The quantitative estimate of drug-likeness (QED) is 0.574. The lowest BCUT2D eigenvalue weighted by atomic mass is 10.3. The van der Waals surface area contributed by atoms with Crippen LogP contribution >= 0.6 is 0 Å². The number of rotatable bonds is 7. The largest absolute Gasteiger partial charge is 0.497 e. The van der Waals surface area contributed by atoms with E-state index in [-0.39, 0.29) is 6.10 Å². The highest BCUT2D eigenvalue weighted by Crippen LogP contribution is 2.19. The molecule has 8 nitrogen and oxygen atoms in total. The Hall–Kier alpha value is -2.77. The van der Waals surface area contributed by atoms with Crippen LogP contribution < -0.4 is 20.1 Å². The number of benzene rings is 1. The summed E-state index contributed by atoms with van der Waals surface area (Å²) in [5.74, 6) is 4.29. The Labute approximate surface area is 153 Å². The molecule has 0 aliphatic carbocycles. The average molecular weight is 358 g/mol. The van der Waals surface area contributed by atoms with E-state index in [4.69, 9.17) is 9.47 Å². The second kappa shape index (κ2) is 8.55. The van der Waals surface area contributed by atoms with Gasteiger partial charge in [0.25, 0.3) is 0 Å². The van der Waals surface area contributed by atoms with Gasteiger partial charge in [-0.3, -0.25) is 4.99 Å². The predicted octanol–water partition coefficient (Wildman–Crippen LogP) is 1.37. The van der Waals surface area contributed by atoms with Gasteiger partial charge >= 0.3 is 0 Å².